The molecular weight excluding hydrogens is 325 g/mol. The number of oxazole rings is 1. The van der Waals surface area contributed by atoms with Crippen molar-refractivity contribution in [1.29, 1.82) is 0 Å². The molecule has 0 N–H and O–H groups in total. The van der Waals surface area contributed by atoms with Gasteiger partial charge in [-0.3, -0.25) is 4.79 Å². The van der Waals surface area contributed by atoms with Crippen LogP contribution >= 0.6 is 15.9 Å². The molecule has 1 heterocycles. The molecule has 0 bridgehead atoms. The Hall–Kier alpha value is -2.01. The predicted molar refractivity (Wildman–Crippen MR) is 76.1 cm³/mol. The summed E-state index contributed by atoms with van der Waals surface area (Å²) in [6.07, 6.45) is 0.00454. The number of Topliss-reactive ketones (excluding diaryl/α,β-unsaturated/α-hetero) is 1. The van der Waals surface area contributed by atoms with Gasteiger partial charge in [-0.05, 0) is 30.3 Å². The van der Waals surface area contributed by atoms with Crippen LogP contribution in [0.3, 0.4) is 0 Å². The molecule has 1 aromatic heterocycles. The number of benzene rings is 2. The van der Waals surface area contributed by atoms with E-state index in [9.17, 15) is 9.18 Å². The Morgan fingerprint density at radius 2 is 2.05 bits per heavy atom. The molecule has 3 aromatic rings. The number of carbonyl (C=O) groups excluding carboxylic acids is 1. The molecule has 0 saturated carbocycles. The largest absolute Gasteiger partial charge is 0.440 e. The lowest BCUT2D eigenvalue weighted by Gasteiger charge is -2.00. The fourth-order valence-corrected chi connectivity index (χ4v) is 2.42. The van der Waals surface area contributed by atoms with Gasteiger partial charge < -0.3 is 4.42 Å². The summed E-state index contributed by atoms with van der Waals surface area (Å²) in [4.78, 5) is 16.3. The molecule has 0 amide bonds. The summed E-state index contributed by atoms with van der Waals surface area (Å²) in [5, 5.41) is 0. The van der Waals surface area contributed by atoms with Crippen LogP contribution in [0.25, 0.3) is 11.1 Å². The van der Waals surface area contributed by atoms with Gasteiger partial charge in [0.25, 0.3) is 0 Å². The summed E-state index contributed by atoms with van der Waals surface area (Å²) in [6, 6.07) is 11.4. The zero-order valence-electron chi connectivity index (χ0n) is 10.3. The van der Waals surface area contributed by atoms with Crippen LogP contribution in [0.4, 0.5) is 4.39 Å². The first-order chi connectivity index (χ1) is 9.61. The zero-order valence-corrected chi connectivity index (χ0v) is 11.9. The number of hydrogen-bond acceptors (Lipinski definition) is 3. The van der Waals surface area contributed by atoms with E-state index >= 15 is 0 Å². The Kier molecular flexibility index (Phi) is 3.36. The highest BCUT2D eigenvalue weighted by Crippen LogP contribution is 2.19. The lowest BCUT2D eigenvalue weighted by Crippen LogP contribution is -2.04. The second-order valence-electron chi connectivity index (χ2n) is 4.33. The molecule has 0 saturated heterocycles. The summed E-state index contributed by atoms with van der Waals surface area (Å²) in [6.45, 7) is 0. The van der Waals surface area contributed by atoms with Crippen LogP contribution in [0.2, 0.25) is 0 Å². The van der Waals surface area contributed by atoms with Gasteiger partial charge in [0.2, 0.25) is 5.89 Å². The number of nitrogens with zero attached hydrogens (tertiary/aromatic N) is 1. The lowest BCUT2D eigenvalue weighted by molar-refractivity contribution is 0.0985. The third-order valence-electron chi connectivity index (χ3n) is 2.83. The second-order valence-corrected chi connectivity index (χ2v) is 5.25. The van der Waals surface area contributed by atoms with Gasteiger partial charge in [0.05, 0.1) is 6.42 Å². The number of halogens is 2. The monoisotopic (exact) mass is 333 g/mol. The minimum atomic E-state index is -0.458. The van der Waals surface area contributed by atoms with Gasteiger partial charge in [0.1, 0.15) is 11.3 Å². The Bertz CT molecular complexity index is 744. The van der Waals surface area contributed by atoms with Crippen LogP contribution in [0.15, 0.2) is 51.4 Å². The molecule has 20 heavy (non-hydrogen) atoms. The predicted octanol–water partition coefficient (Wildman–Crippen LogP) is 4.15. The van der Waals surface area contributed by atoms with Gasteiger partial charge in [-0.25, -0.2) is 9.37 Å². The first-order valence-electron chi connectivity index (χ1n) is 5.95. The van der Waals surface area contributed by atoms with E-state index in [4.69, 9.17) is 4.42 Å². The number of carbonyl (C=O) groups is 1. The minimum Gasteiger partial charge on any atom is -0.440 e. The van der Waals surface area contributed by atoms with Crippen molar-refractivity contribution in [3.8, 4) is 0 Å². The van der Waals surface area contributed by atoms with E-state index in [1.54, 1.807) is 12.1 Å². The lowest BCUT2D eigenvalue weighted by atomic mass is 10.1. The maximum Gasteiger partial charge on any atom is 0.203 e. The molecule has 0 fully saturated rings. The Labute approximate surface area is 122 Å². The van der Waals surface area contributed by atoms with E-state index in [-0.39, 0.29) is 12.2 Å². The third-order valence-corrected chi connectivity index (χ3v) is 3.29. The molecule has 3 nitrogen and oxygen atoms in total. The summed E-state index contributed by atoms with van der Waals surface area (Å²) >= 11 is 3.16. The molecule has 100 valence electrons. The highest BCUT2D eigenvalue weighted by Gasteiger charge is 2.13. The highest BCUT2D eigenvalue weighted by atomic mass is 79.9. The van der Waals surface area contributed by atoms with Crippen molar-refractivity contribution >= 4 is 32.8 Å². The molecule has 0 aliphatic heterocycles. The van der Waals surface area contributed by atoms with Gasteiger partial charge in [-0.2, -0.15) is 0 Å². The molecule has 2 aromatic carbocycles. The van der Waals surface area contributed by atoms with Crippen LogP contribution in [-0.4, -0.2) is 10.8 Å². The van der Waals surface area contributed by atoms with Crippen molar-refractivity contribution in [2.24, 2.45) is 0 Å². The van der Waals surface area contributed by atoms with E-state index in [1.807, 2.05) is 18.2 Å². The summed E-state index contributed by atoms with van der Waals surface area (Å²) in [7, 11) is 0. The van der Waals surface area contributed by atoms with Gasteiger partial charge in [0.15, 0.2) is 11.4 Å². The standard InChI is InChI=1S/C15H9BrFNO2/c16-10-5-9(6-11(17)7-10)13(19)8-15-18-12-3-1-2-4-14(12)20-15/h1-7H,8H2. The average molecular weight is 334 g/mol. The first kappa shape index (κ1) is 13.0. The molecule has 0 aliphatic carbocycles. The van der Waals surface area contributed by atoms with Gasteiger partial charge >= 0.3 is 0 Å². The third kappa shape index (κ3) is 2.63. The molecular formula is C15H9BrFNO2. The summed E-state index contributed by atoms with van der Waals surface area (Å²) in [5.41, 5.74) is 1.63. The number of rotatable bonds is 3. The smallest absolute Gasteiger partial charge is 0.203 e. The van der Waals surface area contributed by atoms with Gasteiger partial charge in [0, 0.05) is 10.0 Å². The average Bonchev–Trinajstić information content (AvgIpc) is 2.79. The fourth-order valence-electron chi connectivity index (χ4n) is 1.95. The molecule has 3 rings (SSSR count). The van der Waals surface area contributed by atoms with E-state index in [0.29, 0.717) is 27.0 Å². The van der Waals surface area contributed by atoms with Crippen LogP contribution in [0.1, 0.15) is 16.2 Å². The van der Waals surface area contributed by atoms with Crippen LogP contribution in [-0.2, 0) is 6.42 Å². The van der Waals surface area contributed by atoms with Crippen LogP contribution < -0.4 is 0 Å². The number of para-hydroxylation sites is 2. The molecule has 5 heteroatoms. The number of ketones is 1. The van der Waals surface area contributed by atoms with Crippen molar-refractivity contribution in [1.82, 2.24) is 4.98 Å². The van der Waals surface area contributed by atoms with Crippen molar-refractivity contribution in [3.63, 3.8) is 0 Å². The van der Waals surface area contributed by atoms with E-state index in [2.05, 4.69) is 20.9 Å². The van der Waals surface area contributed by atoms with Crippen molar-refractivity contribution in [2.75, 3.05) is 0 Å². The maximum atomic E-state index is 13.3. The number of hydrogen-bond donors (Lipinski definition) is 0. The molecule has 0 radical (unpaired) electrons. The second kappa shape index (κ2) is 5.17. The number of aromatic nitrogens is 1. The first-order valence-corrected chi connectivity index (χ1v) is 6.75. The summed E-state index contributed by atoms with van der Waals surface area (Å²) in [5.74, 6) is -0.367. The van der Waals surface area contributed by atoms with Crippen molar-refractivity contribution in [2.45, 2.75) is 6.42 Å². The Balaban J connectivity index is 1.88. The summed E-state index contributed by atoms with van der Waals surface area (Å²) < 4.78 is 19.3. The Morgan fingerprint density at radius 1 is 1.25 bits per heavy atom. The number of fused-ring (bicyclic) bond motifs is 1. The zero-order chi connectivity index (χ0) is 14.1. The highest BCUT2D eigenvalue weighted by molar-refractivity contribution is 9.10. The van der Waals surface area contributed by atoms with Crippen LogP contribution in [0, 0.1) is 5.82 Å². The molecule has 0 unspecified atom stereocenters. The normalized spacial score (nSPS) is 10.9. The van der Waals surface area contributed by atoms with Crippen LogP contribution in [0.5, 0.6) is 0 Å². The minimum absolute atomic E-state index is 0.00454. The fraction of sp³-hybridized carbons (Fsp3) is 0.0667. The van der Waals surface area contributed by atoms with Gasteiger partial charge in [-0.1, -0.05) is 28.1 Å². The van der Waals surface area contributed by atoms with E-state index in [0.717, 1.165) is 0 Å². The molecule has 0 atom stereocenters. The molecule has 0 spiro atoms. The SMILES string of the molecule is O=C(Cc1nc2ccccc2o1)c1cc(F)cc(Br)c1. The topological polar surface area (TPSA) is 43.1 Å². The van der Waals surface area contributed by atoms with E-state index < -0.39 is 5.82 Å². The van der Waals surface area contributed by atoms with Crippen molar-refractivity contribution in [3.05, 3.63) is 64.2 Å². The maximum absolute atomic E-state index is 13.3. The van der Waals surface area contributed by atoms with Gasteiger partial charge in [-0.15, -0.1) is 0 Å². The Morgan fingerprint density at radius 3 is 2.80 bits per heavy atom. The van der Waals surface area contributed by atoms with E-state index in [1.165, 1.54) is 12.1 Å². The molecule has 0 aliphatic rings. The quantitative estimate of drug-likeness (QED) is 0.676. The van der Waals surface area contributed by atoms with Crippen molar-refractivity contribution < 1.29 is 13.6 Å².